The molecular weight excluding hydrogens is 102 g/mol. The second-order valence-corrected chi connectivity index (χ2v) is 1.74. The van der Waals surface area contributed by atoms with Crippen molar-refractivity contribution in [3.8, 4) is 0 Å². The zero-order valence-corrected chi connectivity index (χ0v) is 4.97. The molecule has 1 radical (unpaired) electrons. The monoisotopic (exact) mass is 110 g/mol. The summed E-state index contributed by atoms with van der Waals surface area (Å²) in [5, 5.41) is 3.88. The van der Waals surface area contributed by atoms with Crippen LogP contribution in [0.25, 0.3) is 0 Å². The summed E-state index contributed by atoms with van der Waals surface area (Å²) in [6.45, 7) is 3.67. The number of amidine groups is 1. The van der Waals surface area contributed by atoms with Crippen LogP contribution in [0.1, 0.15) is 13.8 Å². The van der Waals surface area contributed by atoms with Gasteiger partial charge in [-0.25, -0.2) is 10.3 Å². The molecule has 1 aliphatic rings. The van der Waals surface area contributed by atoms with Gasteiger partial charge in [0, 0.05) is 0 Å². The molecule has 1 rings (SSSR count). The summed E-state index contributed by atoms with van der Waals surface area (Å²) in [6, 6.07) is 0. The molecule has 0 aromatic heterocycles. The van der Waals surface area contributed by atoms with Crippen LogP contribution in [0.15, 0.2) is 16.5 Å². The van der Waals surface area contributed by atoms with E-state index in [2.05, 4.69) is 10.3 Å². The first-order valence-electron chi connectivity index (χ1n) is 2.43. The Morgan fingerprint density at radius 3 is 2.12 bits per heavy atom. The molecule has 0 saturated heterocycles. The molecule has 0 bridgehead atoms. The van der Waals surface area contributed by atoms with E-state index in [1.54, 1.807) is 0 Å². The quantitative estimate of drug-likeness (QED) is 0.474. The highest BCUT2D eigenvalue weighted by Crippen LogP contribution is 2.04. The van der Waals surface area contributed by atoms with E-state index in [1.807, 2.05) is 13.8 Å². The smallest absolute Gasteiger partial charge is 0.147 e. The summed E-state index contributed by atoms with van der Waals surface area (Å²) in [6.07, 6.45) is 0. The van der Waals surface area contributed by atoms with Crippen molar-refractivity contribution in [2.75, 3.05) is 0 Å². The molecule has 8 heavy (non-hydrogen) atoms. The van der Waals surface area contributed by atoms with Crippen LogP contribution < -0.4 is 11.1 Å². The van der Waals surface area contributed by atoms with Gasteiger partial charge in [-0.15, -0.1) is 0 Å². The van der Waals surface area contributed by atoms with Crippen LogP contribution in [0.3, 0.4) is 0 Å². The summed E-state index contributed by atoms with van der Waals surface area (Å²) < 4.78 is 0. The van der Waals surface area contributed by atoms with E-state index < -0.39 is 0 Å². The maximum absolute atomic E-state index is 5.37. The second-order valence-electron chi connectivity index (χ2n) is 1.74. The van der Waals surface area contributed by atoms with Crippen LogP contribution in [0, 0.1) is 0 Å². The van der Waals surface area contributed by atoms with E-state index in [4.69, 9.17) is 5.73 Å². The first-order chi connectivity index (χ1) is 3.70. The van der Waals surface area contributed by atoms with E-state index >= 15 is 0 Å². The van der Waals surface area contributed by atoms with Crippen molar-refractivity contribution in [2.24, 2.45) is 10.7 Å². The molecule has 0 amide bonds. The average Bonchev–Trinajstić information content (AvgIpc) is 1.85. The SMILES string of the molecule is CC1=NC(C)=C(N)[N]1. The standard InChI is InChI=1S/C5H8N3/c1-3-5(6)8-4(2)7-3/h6H2,1-2H3. The number of allylic oxidation sites excluding steroid dienone is 1. The number of hydrogen-bond acceptors (Lipinski definition) is 2. The lowest BCUT2D eigenvalue weighted by Crippen LogP contribution is -2.12. The maximum atomic E-state index is 5.37. The van der Waals surface area contributed by atoms with Crippen LogP contribution in [0.5, 0.6) is 0 Å². The van der Waals surface area contributed by atoms with Crippen LogP contribution >= 0.6 is 0 Å². The summed E-state index contributed by atoms with van der Waals surface area (Å²) in [5.41, 5.74) is 6.19. The van der Waals surface area contributed by atoms with Gasteiger partial charge in [-0.3, -0.25) is 0 Å². The first-order valence-corrected chi connectivity index (χ1v) is 2.43. The third-order valence-electron chi connectivity index (χ3n) is 0.982. The van der Waals surface area contributed by atoms with E-state index in [0.29, 0.717) is 5.82 Å². The van der Waals surface area contributed by atoms with Crippen molar-refractivity contribution in [1.82, 2.24) is 5.32 Å². The molecule has 0 aromatic carbocycles. The minimum atomic E-state index is 0.544. The lowest BCUT2D eigenvalue weighted by molar-refractivity contribution is 1.06. The van der Waals surface area contributed by atoms with Crippen molar-refractivity contribution in [2.45, 2.75) is 13.8 Å². The van der Waals surface area contributed by atoms with Gasteiger partial charge in [0.15, 0.2) is 0 Å². The summed E-state index contributed by atoms with van der Waals surface area (Å²) in [5.74, 6) is 1.29. The molecule has 1 aliphatic heterocycles. The summed E-state index contributed by atoms with van der Waals surface area (Å²) >= 11 is 0. The number of rotatable bonds is 0. The highest BCUT2D eigenvalue weighted by atomic mass is 15.1. The molecule has 2 N–H and O–H groups in total. The Hall–Kier alpha value is -0.990. The molecule has 0 aromatic rings. The molecule has 0 saturated carbocycles. The van der Waals surface area contributed by atoms with Gasteiger partial charge >= 0.3 is 0 Å². The molecule has 3 heteroatoms. The third-order valence-corrected chi connectivity index (χ3v) is 0.982. The predicted molar refractivity (Wildman–Crippen MR) is 32.1 cm³/mol. The van der Waals surface area contributed by atoms with Gasteiger partial charge in [-0.1, -0.05) is 0 Å². The van der Waals surface area contributed by atoms with Crippen LogP contribution in [-0.2, 0) is 0 Å². The average molecular weight is 110 g/mol. The molecule has 0 unspecified atom stereocenters. The Labute approximate surface area is 48.3 Å². The third kappa shape index (κ3) is 0.665. The van der Waals surface area contributed by atoms with Crippen LogP contribution in [-0.4, -0.2) is 5.84 Å². The van der Waals surface area contributed by atoms with Crippen LogP contribution in [0.2, 0.25) is 0 Å². The zero-order chi connectivity index (χ0) is 6.15. The fraction of sp³-hybridized carbons (Fsp3) is 0.400. The predicted octanol–water partition coefficient (Wildman–Crippen LogP) is 0.171. The van der Waals surface area contributed by atoms with Gasteiger partial charge in [0.1, 0.15) is 11.7 Å². The molecule has 43 valence electrons. The van der Waals surface area contributed by atoms with Gasteiger partial charge in [0.25, 0.3) is 0 Å². The molecule has 0 atom stereocenters. The summed E-state index contributed by atoms with van der Waals surface area (Å²) in [4.78, 5) is 3.97. The van der Waals surface area contributed by atoms with Crippen molar-refractivity contribution < 1.29 is 0 Å². The Kier molecular flexibility index (Phi) is 0.970. The van der Waals surface area contributed by atoms with Crippen molar-refractivity contribution in [3.05, 3.63) is 11.5 Å². The Bertz CT molecular complexity index is 167. The Balaban J connectivity index is 2.79. The number of hydrogen-bond donors (Lipinski definition) is 1. The molecule has 3 nitrogen and oxygen atoms in total. The zero-order valence-electron chi connectivity index (χ0n) is 4.97. The highest BCUT2D eigenvalue weighted by molar-refractivity contribution is 5.84. The van der Waals surface area contributed by atoms with E-state index in [-0.39, 0.29) is 0 Å². The molecule has 0 aliphatic carbocycles. The van der Waals surface area contributed by atoms with Crippen LogP contribution in [0.4, 0.5) is 0 Å². The molecule has 1 heterocycles. The van der Waals surface area contributed by atoms with Crippen molar-refractivity contribution in [3.63, 3.8) is 0 Å². The highest BCUT2D eigenvalue weighted by Gasteiger charge is 2.06. The molecule has 0 fully saturated rings. The Morgan fingerprint density at radius 2 is 2.00 bits per heavy atom. The minimum absolute atomic E-state index is 0.544. The number of nitrogens with two attached hydrogens (primary N) is 1. The fourth-order valence-corrected chi connectivity index (χ4v) is 0.580. The van der Waals surface area contributed by atoms with Crippen molar-refractivity contribution >= 4 is 5.84 Å². The van der Waals surface area contributed by atoms with Gasteiger partial charge in [0.2, 0.25) is 0 Å². The number of nitrogens with zero attached hydrogens (tertiary/aromatic N) is 2. The van der Waals surface area contributed by atoms with E-state index in [9.17, 15) is 0 Å². The normalized spacial score (nSPS) is 18.5. The molecular formula is C5H8N3. The Morgan fingerprint density at radius 1 is 1.38 bits per heavy atom. The van der Waals surface area contributed by atoms with Gasteiger partial charge in [-0.2, -0.15) is 0 Å². The van der Waals surface area contributed by atoms with Gasteiger partial charge in [-0.05, 0) is 13.8 Å². The van der Waals surface area contributed by atoms with Gasteiger partial charge < -0.3 is 5.73 Å². The number of aliphatic imine (C=N–C) groups is 1. The molecule has 0 spiro atoms. The lowest BCUT2D eigenvalue weighted by Gasteiger charge is -1.88. The fourth-order valence-electron chi connectivity index (χ4n) is 0.580. The van der Waals surface area contributed by atoms with Crippen molar-refractivity contribution in [1.29, 1.82) is 0 Å². The largest absolute Gasteiger partial charge is 0.382 e. The maximum Gasteiger partial charge on any atom is 0.147 e. The minimum Gasteiger partial charge on any atom is -0.382 e. The topological polar surface area (TPSA) is 52.5 Å². The summed E-state index contributed by atoms with van der Waals surface area (Å²) in [7, 11) is 0. The van der Waals surface area contributed by atoms with Gasteiger partial charge in [0.05, 0.1) is 5.70 Å². The van der Waals surface area contributed by atoms with E-state index in [0.717, 1.165) is 11.5 Å². The van der Waals surface area contributed by atoms with E-state index in [1.165, 1.54) is 0 Å². The second kappa shape index (κ2) is 1.51. The lowest BCUT2D eigenvalue weighted by atomic mass is 10.5. The first kappa shape index (κ1) is 5.15.